The Bertz CT molecular complexity index is 2350. The number of hydrogen-bond donors (Lipinski definition) is 4. The fourth-order valence-electron chi connectivity index (χ4n) is 5.93. The number of rotatable bonds is 17. The topological polar surface area (TPSA) is 198 Å². The lowest BCUT2D eigenvalue weighted by molar-refractivity contribution is -0.137. The van der Waals surface area contributed by atoms with Gasteiger partial charge >= 0.3 is 6.09 Å². The molecule has 4 aromatic rings. The lowest BCUT2D eigenvalue weighted by atomic mass is 10.0. The van der Waals surface area contributed by atoms with Crippen molar-refractivity contribution in [2.45, 2.75) is 65.1 Å². The van der Waals surface area contributed by atoms with Gasteiger partial charge in [0.15, 0.2) is 0 Å². The molecule has 0 radical (unpaired) electrons. The van der Waals surface area contributed by atoms with E-state index in [4.69, 9.17) is 37.7 Å². The summed E-state index contributed by atoms with van der Waals surface area (Å²) in [5, 5.41) is 11.9. The number of amides is 6. The molecule has 3 aromatic carbocycles. The van der Waals surface area contributed by atoms with Gasteiger partial charge in [-0.2, -0.15) is 0 Å². The van der Waals surface area contributed by atoms with Crippen molar-refractivity contribution in [2.24, 2.45) is 10.9 Å². The van der Waals surface area contributed by atoms with Gasteiger partial charge in [-0.15, -0.1) is 0 Å². The van der Waals surface area contributed by atoms with Crippen LogP contribution in [0.2, 0.25) is 5.02 Å². The van der Waals surface area contributed by atoms with Crippen LogP contribution in [0.5, 0.6) is 5.75 Å². The number of nitrogens with one attached hydrogen (secondary N) is 4. The van der Waals surface area contributed by atoms with Crippen LogP contribution in [0.3, 0.4) is 0 Å². The van der Waals surface area contributed by atoms with Crippen LogP contribution in [0.25, 0.3) is 11.0 Å². The fraction of sp³-hybridized carbons (Fsp3) is 0.302. The Morgan fingerprint density at radius 3 is 2.23 bits per heavy atom. The number of fused-ring (bicyclic) bond motifs is 1. The molecule has 2 atom stereocenters. The number of carbonyl (C=O) groups excluding carboxylic acids is 6. The van der Waals surface area contributed by atoms with Crippen LogP contribution in [0.15, 0.2) is 94.4 Å². The van der Waals surface area contributed by atoms with Crippen molar-refractivity contribution < 1.29 is 42.7 Å². The molecule has 15 nitrogen and oxygen atoms in total. The Hall–Kier alpha value is -6.39. The van der Waals surface area contributed by atoms with E-state index >= 15 is 0 Å². The van der Waals surface area contributed by atoms with E-state index in [1.165, 1.54) is 19.1 Å². The van der Waals surface area contributed by atoms with Gasteiger partial charge in [-0.3, -0.25) is 34.2 Å². The highest BCUT2D eigenvalue weighted by Crippen LogP contribution is 2.21. The predicted octanol–water partition coefficient (Wildman–Crippen LogP) is 6.00. The molecular weight excluding hydrogens is 812 g/mol. The largest absolute Gasteiger partial charge is 0.497 e. The van der Waals surface area contributed by atoms with Crippen LogP contribution in [-0.2, 0) is 35.3 Å². The molecule has 60 heavy (non-hydrogen) atoms. The lowest BCUT2D eigenvalue weighted by Gasteiger charge is -2.24. The number of thiocarbonyl (C=S) groups is 1. The van der Waals surface area contributed by atoms with Crippen LogP contribution >= 0.6 is 23.8 Å². The van der Waals surface area contributed by atoms with Crippen LogP contribution in [0, 0.1) is 5.92 Å². The molecule has 0 bridgehead atoms. The molecule has 1 aliphatic heterocycles. The number of benzene rings is 3. The monoisotopic (exact) mass is 856 g/mol. The average molecular weight is 857 g/mol. The Morgan fingerprint density at radius 2 is 1.57 bits per heavy atom. The normalized spacial score (nSPS) is 13.6. The van der Waals surface area contributed by atoms with E-state index in [1.54, 1.807) is 93.8 Å². The van der Waals surface area contributed by atoms with Crippen molar-refractivity contribution in [1.29, 1.82) is 0 Å². The Morgan fingerprint density at radius 1 is 0.867 bits per heavy atom. The zero-order chi connectivity index (χ0) is 43.3. The zero-order valence-electron chi connectivity index (χ0n) is 33.4. The molecule has 0 aliphatic carbocycles. The lowest BCUT2D eigenvalue weighted by Crippen LogP contribution is -2.53. The van der Waals surface area contributed by atoms with Gasteiger partial charge in [-0.25, -0.2) is 9.79 Å². The average Bonchev–Trinajstić information content (AvgIpc) is 3.54. The van der Waals surface area contributed by atoms with E-state index in [-0.39, 0.29) is 53.8 Å². The molecule has 6 amide bonds. The third kappa shape index (κ3) is 12.6. The van der Waals surface area contributed by atoms with E-state index in [0.717, 1.165) is 4.90 Å². The second-order valence-corrected chi connectivity index (χ2v) is 15.0. The maximum absolute atomic E-state index is 13.1. The Kier molecular flexibility index (Phi) is 15.7. The van der Waals surface area contributed by atoms with Crippen LogP contribution in [0.4, 0.5) is 16.2 Å². The number of ether oxygens (including phenoxy) is 2. The highest BCUT2D eigenvalue weighted by Gasteiger charge is 2.27. The molecule has 2 unspecified atom stereocenters. The summed E-state index contributed by atoms with van der Waals surface area (Å²) in [5.74, 6) is -1.60. The van der Waals surface area contributed by atoms with Gasteiger partial charge in [0.1, 0.15) is 35.0 Å². The van der Waals surface area contributed by atoms with Gasteiger partial charge in [0.05, 0.1) is 18.4 Å². The highest BCUT2D eigenvalue weighted by molar-refractivity contribution is 7.80. The number of anilines is 1. The maximum atomic E-state index is 13.1. The van der Waals surface area contributed by atoms with Gasteiger partial charge in [-0.05, 0) is 91.9 Å². The summed E-state index contributed by atoms with van der Waals surface area (Å²) in [6, 6.07) is 18.6. The number of hydrogen-bond acceptors (Lipinski definition) is 11. The van der Waals surface area contributed by atoms with Crippen LogP contribution in [-0.4, -0.2) is 71.3 Å². The van der Waals surface area contributed by atoms with Gasteiger partial charge < -0.3 is 29.8 Å². The second-order valence-electron chi connectivity index (χ2n) is 14.2. The first-order valence-corrected chi connectivity index (χ1v) is 19.9. The number of imide groups is 1. The molecule has 17 heteroatoms. The number of nitrogens with zero attached hydrogens (tertiary/aromatic N) is 2. The Balaban J connectivity index is 1.08. The SMILES string of the molecule is COc1ccc(N=c2oc3ccc(Cl)cc3cc2C(=S)NC(=O)OCc2ccc(NC(=O)C(C)NC(=O)C(NC(=O)CCCCCN3C(=O)C=CC3=O)C(C)C)cc2)cc1. The second kappa shape index (κ2) is 21.0. The molecule has 0 saturated carbocycles. The standard InChI is InChI=1S/C43H45ClN6O9S/c1-25(2)38(48-35(51)8-6-5-7-21-50-36(52)19-20-37(50)53)40(55)45-26(3)39(54)46-30-12-9-27(10-13-30)24-58-43(56)49-42(60)33-23-28-22-29(44)11-18-34(28)59-41(33)47-31-14-16-32(57-4)17-15-31/h9-20,22-23,25-26,38H,5-8,21,24H2,1-4H3,(H,45,55)(H,46,54)(H,48,51)(H,49,56,60). The molecule has 2 heterocycles. The van der Waals surface area contributed by atoms with Gasteiger partial charge in [0.2, 0.25) is 23.3 Å². The van der Waals surface area contributed by atoms with E-state index in [9.17, 15) is 28.8 Å². The third-order valence-corrected chi connectivity index (χ3v) is 9.82. The van der Waals surface area contributed by atoms with Gasteiger partial charge in [0.25, 0.3) is 11.8 Å². The molecule has 1 aromatic heterocycles. The van der Waals surface area contributed by atoms with E-state index < -0.39 is 30.0 Å². The van der Waals surface area contributed by atoms with Crippen molar-refractivity contribution in [3.8, 4) is 5.75 Å². The molecule has 1 aliphatic rings. The summed E-state index contributed by atoms with van der Waals surface area (Å²) in [6.07, 6.45) is 3.49. The van der Waals surface area contributed by atoms with Crippen LogP contribution < -0.4 is 31.6 Å². The summed E-state index contributed by atoms with van der Waals surface area (Å²) >= 11 is 11.8. The number of methoxy groups -OCH3 is 1. The first-order valence-electron chi connectivity index (χ1n) is 19.1. The minimum atomic E-state index is -0.936. The van der Waals surface area contributed by atoms with Crippen LogP contribution in [0.1, 0.15) is 57.6 Å². The molecule has 0 spiro atoms. The van der Waals surface area contributed by atoms with E-state index in [1.807, 2.05) is 0 Å². The fourth-order valence-corrected chi connectivity index (χ4v) is 6.34. The molecule has 0 fully saturated rings. The number of unbranched alkanes of at least 4 members (excludes halogenated alkanes) is 2. The number of alkyl carbamates (subject to hydrolysis) is 1. The summed E-state index contributed by atoms with van der Waals surface area (Å²) < 4.78 is 16.7. The molecule has 5 rings (SSSR count). The molecular formula is C43H45ClN6O9S. The minimum Gasteiger partial charge on any atom is -0.497 e. The molecule has 0 saturated heterocycles. The van der Waals surface area contributed by atoms with Crippen molar-refractivity contribution >= 4 is 86.8 Å². The molecule has 314 valence electrons. The van der Waals surface area contributed by atoms with E-state index in [0.29, 0.717) is 63.5 Å². The number of halogens is 1. The summed E-state index contributed by atoms with van der Waals surface area (Å²) in [7, 11) is 1.56. The van der Waals surface area contributed by atoms with Crippen molar-refractivity contribution in [3.63, 3.8) is 0 Å². The quantitative estimate of drug-likeness (QED) is 0.0556. The molecule has 4 N–H and O–H groups in total. The third-order valence-electron chi connectivity index (χ3n) is 9.27. The number of carbonyl (C=O) groups is 6. The highest BCUT2D eigenvalue weighted by atomic mass is 35.5. The first kappa shape index (κ1) is 44.7. The smallest absolute Gasteiger partial charge is 0.412 e. The summed E-state index contributed by atoms with van der Waals surface area (Å²) in [5.41, 5.74) is 2.61. The summed E-state index contributed by atoms with van der Waals surface area (Å²) in [4.78, 5) is 80.7. The Labute approximate surface area is 356 Å². The van der Waals surface area contributed by atoms with E-state index in [2.05, 4.69) is 26.3 Å². The predicted molar refractivity (Wildman–Crippen MR) is 228 cm³/mol. The minimum absolute atomic E-state index is 0.0112. The van der Waals surface area contributed by atoms with Crippen molar-refractivity contribution in [1.82, 2.24) is 20.9 Å². The summed E-state index contributed by atoms with van der Waals surface area (Å²) in [6.45, 7) is 5.26. The van der Waals surface area contributed by atoms with Crippen molar-refractivity contribution in [3.05, 3.63) is 107 Å². The van der Waals surface area contributed by atoms with Gasteiger partial charge in [-0.1, -0.05) is 56.2 Å². The maximum Gasteiger partial charge on any atom is 0.412 e. The first-order chi connectivity index (χ1) is 28.7. The van der Waals surface area contributed by atoms with Gasteiger partial charge in [0, 0.05) is 41.2 Å². The van der Waals surface area contributed by atoms with Crippen molar-refractivity contribution in [2.75, 3.05) is 19.0 Å². The zero-order valence-corrected chi connectivity index (χ0v) is 35.0.